The number of phenolic OH excluding ortho intramolecular Hbond substituents is 1. The highest BCUT2D eigenvalue weighted by atomic mass is 35.5. The van der Waals surface area contributed by atoms with Gasteiger partial charge in [0, 0.05) is 44.7 Å². The first-order valence-electron chi connectivity index (χ1n) is 10.3. The number of carbonyl (C=O) groups is 1. The molecule has 2 amide bonds. The van der Waals surface area contributed by atoms with Crippen LogP contribution in [0, 0.1) is 12.8 Å². The average molecular weight is 410 g/mol. The van der Waals surface area contributed by atoms with Crippen LogP contribution < -0.4 is 5.73 Å². The van der Waals surface area contributed by atoms with Crippen LogP contribution in [0.15, 0.2) is 12.1 Å². The lowest BCUT2D eigenvalue weighted by atomic mass is 9.83. The van der Waals surface area contributed by atoms with Crippen LogP contribution in [-0.2, 0) is 11.2 Å². The quantitative estimate of drug-likeness (QED) is 0.786. The number of fused-ring (bicyclic) bond motifs is 1. The summed E-state index contributed by atoms with van der Waals surface area (Å²) >= 11 is 0. The number of halogens is 1. The molecule has 2 atom stereocenters. The number of aryl methyl sites for hydroxylation is 1. The molecule has 3 N–H and O–H groups in total. The van der Waals surface area contributed by atoms with Crippen molar-refractivity contribution in [2.75, 3.05) is 32.7 Å². The number of likely N-dealkylation sites (tertiary alicyclic amines) is 2. The second-order valence-electron chi connectivity index (χ2n) is 8.20. The Morgan fingerprint density at radius 3 is 2.46 bits per heavy atom. The maximum Gasteiger partial charge on any atom is 0.319 e. The summed E-state index contributed by atoms with van der Waals surface area (Å²) < 4.78 is 6.34. The molecule has 2 fully saturated rings. The zero-order valence-electron chi connectivity index (χ0n) is 16.6. The smallest absolute Gasteiger partial charge is 0.319 e. The monoisotopic (exact) mass is 409 g/mol. The van der Waals surface area contributed by atoms with E-state index in [4.69, 9.17) is 10.5 Å². The molecule has 0 unspecified atom stereocenters. The predicted octanol–water partition coefficient (Wildman–Crippen LogP) is 2.99. The highest BCUT2D eigenvalue weighted by molar-refractivity contribution is 5.85. The van der Waals surface area contributed by atoms with Crippen LogP contribution in [0.4, 0.5) is 4.79 Å². The van der Waals surface area contributed by atoms with Gasteiger partial charge in [-0.1, -0.05) is 12.1 Å². The molecule has 4 rings (SSSR count). The van der Waals surface area contributed by atoms with E-state index in [0.29, 0.717) is 18.2 Å². The van der Waals surface area contributed by atoms with Crippen molar-refractivity contribution in [3.8, 4) is 5.75 Å². The maximum absolute atomic E-state index is 12.6. The Hall–Kier alpha value is -1.50. The van der Waals surface area contributed by atoms with Gasteiger partial charge >= 0.3 is 6.03 Å². The number of hydrogen-bond acceptors (Lipinski definition) is 4. The molecular formula is C21H32ClN3O3. The van der Waals surface area contributed by atoms with Gasteiger partial charge in [0.05, 0.1) is 12.2 Å². The number of amides is 2. The third-order valence-electron chi connectivity index (χ3n) is 6.54. The van der Waals surface area contributed by atoms with Crippen molar-refractivity contribution in [1.82, 2.24) is 9.80 Å². The fourth-order valence-corrected chi connectivity index (χ4v) is 4.85. The SMILES string of the molecule is Cc1ccc2c(c1O)C[C@@H](C1CCN(C(=O)N3CCCC3)CC1)O[C@H]2CN.Cl. The minimum atomic E-state index is -0.158. The Kier molecular flexibility index (Phi) is 6.73. The summed E-state index contributed by atoms with van der Waals surface area (Å²) in [5.74, 6) is 0.788. The highest BCUT2D eigenvalue weighted by Gasteiger charge is 2.36. The summed E-state index contributed by atoms with van der Waals surface area (Å²) in [6.45, 7) is 5.73. The van der Waals surface area contributed by atoms with E-state index >= 15 is 0 Å². The standard InChI is InChI=1S/C21H31N3O3.ClH/c1-14-4-5-16-17(20(14)25)12-18(27-19(16)13-22)15-6-10-24(11-7-15)21(26)23-8-2-3-9-23;/h4-5,15,18-19,25H,2-3,6-13,22H2,1H3;1H/t18-,19-;/m0./s1. The van der Waals surface area contributed by atoms with E-state index < -0.39 is 0 Å². The van der Waals surface area contributed by atoms with Crippen LogP contribution in [-0.4, -0.2) is 59.8 Å². The van der Waals surface area contributed by atoms with Gasteiger partial charge in [-0.05, 0) is 49.7 Å². The number of piperidine rings is 1. The van der Waals surface area contributed by atoms with Crippen LogP contribution in [0.5, 0.6) is 5.75 Å². The molecule has 3 heterocycles. The lowest BCUT2D eigenvalue weighted by Crippen LogP contribution is -2.48. The molecular weight excluding hydrogens is 378 g/mol. The Morgan fingerprint density at radius 1 is 1.18 bits per heavy atom. The van der Waals surface area contributed by atoms with Crippen LogP contribution in [0.25, 0.3) is 0 Å². The number of rotatable bonds is 2. The van der Waals surface area contributed by atoms with Crippen molar-refractivity contribution in [3.05, 3.63) is 28.8 Å². The lowest BCUT2D eigenvalue weighted by Gasteiger charge is -2.41. The van der Waals surface area contributed by atoms with E-state index in [2.05, 4.69) is 0 Å². The van der Waals surface area contributed by atoms with Crippen LogP contribution in [0.2, 0.25) is 0 Å². The number of hydrogen-bond donors (Lipinski definition) is 2. The molecule has 1 aromatic carbocycles. The van der Waals surface area contributed by atoms with Crippen LogP contribution in [0.3, 0.4) is 0 Å². The van der Waals surface area contributed by atoms with Crippen molar-refractivity contribution in [2.45, 2.75) is 51.2 Å². The zero-order chi connectivity index (χ0) is 19.0. The van der Waals surface area contributed by atoms with Gasteiger partial charge in [0.25, 0.3) is 0 Å². The van der Waals surface area contributed by atoms with Gasteiger partial charge in [-0.25, -0.2) is 4.79 Å². The fraction of sp³-hybridized carbons (Fsp3) is 0.667. The number of ether oxygens (including phenoxy) is 1. The van der Waals surface area contributed by atoms with Gasteiger partial charge in [0.2, 0.25) is 0 Å². The number of nitrogens with two attached hydrogens (primary N) is 1. The molecule has 6 nitrogen and oxygen atoms in total. The van der Waals surface area contributed by atoms with Crippen molar-refractivity contribution in [2.24, 2.45) is 11.7 Å². The first-order chi connectivity index (χ1) is 13.1. The Bertz CT molecular complexity index is 700. The number of carbonyl (C=O) groups excluding carboxylic acids is 1. The molecule has 0 bridgehead atoms. The van der Waals surface area contributed by atoms with E-state index in [1.165, 1.54) is 0 Å². The summed E-state index contributed by atoms with van der Waals surface area (Å²) in [6, 6.07) is 4.17. The van der Waals surface area contributed by atoms with E-state index in [1.807, 2.05) is 28.9 Å². The molecule has 3 aliphatic heterocycles. The largest absolute Gasteiger partial charge is 0.507 e. The summed E-state index contributed by atoms with van der Waals surface area (Å²) in [5.41, 5.74) is 8.89. The van der Waals surface area contributed by atoms with Gasteiger partial charge < -0.3 is 25.4 Å². The Balaban J connectivity index is 0.00000225. The van der Waals surface area contributed by atoms with E-state index in [1.54, 1.807) is 0 Å². The minimum absolute atomic E-state index is 0. The lowest BCUT2D eigenvalue weighted by molar-refractivity contribution is -0.0630. The number of aromatic hydroxyl groups is 1. The van der Waals surface area contributed by atoms with E-state index in [-0.39, 0.29) is 30.6 Å². The molecule has 0 aliphatic carbocycles. The van der Waals surface area contributed by atoms with Gasteiger partial charge in [-0.3, -0.25) is 0 Å². The molecule has 0 radical (unpaired) electrons. The second-order valence-corrected chi connectivity index (χ2v) is 8.20. The fourth-order valence-electron chi connectivity index (χ4n) is 4.85. The molecule has 3 aliphatic rings. The minimum Gasteiger partial charge on any atom is -0.507 e. The van der Waals surface area contributed by atoms with Crippen LogP contribution >= 0.6 is 12.4 Å². The van der Waals surface area contributed by atoms with Crippen molar-refractivity contribution in [3.63, 3.8) is 0 Å². The third-order valence-corrected chi connectivity index (χ3v) is 6.54. The van der Waals surface area contributed by atoms with Gasteiger partial charge in [-0.15, -0.1) is 12.4 Å². The molecule has 1 aromatic rings. The number of nitrogens with zero attached hydrogens (tertiary/aromatic N) is 2. The second kappa shape index (κ2) is 8.89. The van der Waals surface area contributed by atoms with E-state index in [0.717, 1.165) is 75.0 Å². The van der Waals surface area contributed by atoms with Crippen LogP contribution in [0.1, 0.15) is 48.5 Å². The zero-order valence-corrected chi connectivity index (χ0v) is 17.4. The molecule has 0 saturated carbocycles. The molecule has 0 spiro atoms. The average Bonchev–Trinajstić information content (AvgIpc) is 3.24. The first-order valence-corrected chi connectivity index (χ1v) is 10.3. The van der Waals surface area contributed by atoms with Gasteiger partial charge in [-0.2, -0.15) is 0 Å². The number of urea groups is 1. The van der Waals surface area contributed by atoms with Gasteiger partial charge in [0.1, 0.15) is 5.75 Å². The molecule has 0 aromatic heterocycles. The molecule has 2 saturated heterocycles. The molecule has 7 heteroatoms. The van der Waals surface area contributed by atoms with Crippen molar-refractivity contribution in [1.29, 1.82) is 0 Å². The predicted molar refractivity (Wildman–Crippen MR) is 111 cm³/mol. The first kappa shape index (κ1) is 21.2. The van der Waals surface area contributed by atoms with E-state index in [9.17, 15) is 9.90 Å². The number of phenols is 1. The maximum atomic E-state index is 12.6. The Labute approximate surface area is 173 Å². The third kappa shape index (κ3) is 3.95. The Morgan fingerprint density at radius 2 is 1.82 bits per heavy atom. The summed E-state index contributed by atoms with van der Waals surface area (Å²) in [4.78, 5) is 16.6. The summed E-state index contributed by atoms with van der Waals surface area (Å²) in [5, 5.41) is 10.6. The summed E-state index contributed by atoms with van der Waals surface area (Å²) in [7, 11) is 0. The normalized spacial score (nSPS) is 25.4. The van der Waals surface area contributed by atoms with Crippen molar-refractivity contribution < 1.29 is 14.6 Å². The van der Waals surface area contributed by atoms with Gasteiger partial charge in [0.15, 0.2) is 0 Å². The molecule has 28 heavy (non-hydrogen) atoms. The topological polar surface area (TPSA) is 79.0 Å². The summed E-state index contributed by atoms with van der Waals surface area (Å²) in [6.07, 6.45) is 4.77. The molecule has 156 valence electrons. The number of benzene rings is 1. The van der Waals surface area contributed by atoms with Crippen molar-refractivity contribution >= 4 is 18.4 Å². The highest BCUT2D eigenvalue weighted by Crippen LogP contribution is 2.40.